The van der Waals surface area contributed by atoms with Crippen molar-refractivity contribution in [2.75, 3.05) is 32.7 Å². The number of rotatable bonds is 1. The number of hydrogen-bond acceptors (Lipinski definition) is 2. The van der Waals surface area contributed by atoms with Crippen molar-refractivity contribution in [2.24, 2.45) is 5.41 Å². The van der Waals surface area contributed by atoms with Crippen molar-refractivity contribution in [3.8, 4) is 0 Å². The first kappa shape index (κ1) is 8.45. The van der Waals surface area contributed by atoms with Crippen LogP contribution in [0.25, 0.3) is 0 Å². The lowest BCUT2D eigenvalue weighted by Gasteiger charge is -2.50. The highest BCUT2D eigenvalue weighted by Gasteiger charge is 2.47. The van der Waals surface area contributed by atoms with Gasteiger partial charge in [0.2, 0.25) is 0 Å². The van der Waals surface area contributed by atoms with E-state index in [1.165, 1.54) is 0 Å². The lowest BCUT2D eigenvalue weighted by atomic mass is 9.72. The van der Waals surface area contributed by atoms with Crippen LogP contribution in [0.1, 0.15) is 13.3 Å². The molecule has 2 heterocycles. The van der Waals surface area contributed by atoms with Gasteiger partial charge in [-0.2, -0.15) is 0 Å². The molecule has 3 heteroatoms. The first-order valence-corrected chi connectivity index (χ1v) is 4.84. The normalized spacial score (nSPS) is 35.0. The predicted molar refractivity (Wildman–Crippen MR) is 46.9 cm³/mol. The molecule has 1 atom stereocenters. The Balaban J connectivity index is 1.95. The molecule has 12 heavy (non-hydrogen) atoms. The van der Waals surface area contributed by atoms with Gasteiger partial charge in [-0.05, 0) is 19.5 Å². The molecule has 0 radical (unpaired) electrons. The zero-order chi connectivity index (χ0) is 8.60. The van der Waals surface area contributed by atoms with Gasteiger partial charge in [0.15, 0.2) is 0 Å². The molecule has 2 nitrogen and oxygen atoms in total. The standard InChI is InChI=1S/C9H17FN2/c1-2-12-4-3-9(6-11-7-9)8(10)5-12/h8,11H,2-7H2,1H3. The van der Waals surface area contributed by atoms with E-state index in [9.17, 15) is 4.39 Å². The largest absolute Gasteiger partial charge is 0.315 e. The maximum Gasteiger partial charge on any atom is 0.121 e. The van der Waals surface area contributed by atoms with Crippen LogP contribution in [0.5, 0.6) is 0 Å². The number of nitrogens with zero attached hydrogens (tertiary/aromatic N) is 1. The molecule has 2 rings (SSSR count). The van der Waals surface area contributed by atoms with Crippen molar-refractivity contribution in [1.82, 2.24) is 10.2 Å². The minimum Gasteiger partial charge on any atom is -0.315 e. The molecule has 1 N–H and O–H groups in total. The third-order valence-corrected chi connectivity index (χ3v) is 3.41. The highest BCUT2D eigenvalue weighted by Crippen LogP contribution is 2.37. The second kappa shape index (κ2) is 2.96. The van der Waals surface area contributed by atoms with Gasteiger partial charge in [0.1, 0.15) is 6.17 Å². The minimum atomic E-state index is -0.604. The fraction of sp³-hybridized carbons (Fsp3) is 1.00. The van der Waals surface area contributed by atoms with Crippen molar-refractivity contribution in [3.05, 3.63) is 0 Å². The van der Waals surface area contributed by atoms with Crippen LogP contribution in [0.15, 0.2) is 0 Å². The van der Waals surface area contributed by atoms with Gasteiger partial charge in [-0.15, -0.1) is 0 Å². The van der Waals surface area contributed by atoms with Crippen molar-refractivity contribution in [3.63, 3.8) is 0 Å². The van der Waals surface area contributed by atoms with Gasteiger partial charge in [-0.25, -0.2) is 4.39 Å². The number of hydrogen-bond donors (Lipinski definition) is 1. The van der Waals surface area contributed by atoms with E-state index in [1.54, 1.807) is 0 Å². The van der Waals surface area contributed by atoms with Gasteiger partial charge < -0.3 is 10.2 Å². The Kier molecular flexibility index (Phi) is 2.09. The molecular weight excluding hydrogens is 155 g/mol. The molecule has 0 aromatic carbocycles. The van der Waals surface area contributed by atoms with E-state index in [0.717, 1.165) is 32.6 Å². The molecule has 0 aromatic heterocycles. The van der Waals surface area contributed by atoms with Crippen LogP contribution in [0, 0.1) is 5.41 Å². The molecule has 0 amide bonds. The molecule has 0 aliphatic carbocycles. The molecule has 0 aromatic rings. The number of halogens is 1. The lowest BCUT2D eigenvalue weighted by Crippen LogP contribution is -2.64. The fourth-order valence-corrected chi connectivity index (χ4v) is 2.18. The van der Waals surface area contributed by atoms with Crippen molar-refractivity contribution < 1.29 is 4.39 Å². The van der Waals surface area contributed by atoms with Gasteiger partial charge in [0.05, 0.1) is 0 Å². The number of likely N-dealkylation sites (tertiary alicyclic amines) is 1. The third kappa shape index (κ3) is 1.15. The van der Waals surface area contributed by atoms with Crippen LogP contribution < -0.4 is 5.32 Å². The number of alkyl halides is 1. The summed E-state index contributed by atoms with van der Waals surface area (Å²) >= 11 is 0. The van der Waals surface area contributed by atoms with Crippen LogP contribution in [0.3, 0.4) is 0 Å². The first-order chi connectivity index (χ1) is 5.77. The molecular formula is C9H17FN2. The highest BCUT2D eigenvalue weighted by atomic mass is 19.1. The molecule has 0 saturated carbocycles. The summed E-state index contributed by atoms with van der Waals surface area (Å²) in [5.41, 5.74) is 0.0195. The van der Waals surface area contributed by atoms with E-state index >= 15 is 0 Å². The Morgan fingerprint density at radius 3 is 2.75 bits per heavy atom. The summed E-state index contributed by atoms with van der Waals surface area (Å²) in [5, 5.41) is 3.18. The average molecular weight is 172 g/mol. The third-order valence-electron chi connectivity index (χ3n) is 3.41. The molecule has 2 fully saturated rings. The topological polar surface area (TPSA) is 15.3 Å². The Hall–Kier alpha value is -0.150. The van der Waals surface area contributed by atoms with Gasteiger partial charge in [0.25, 0.3) is 0 Å². The summed E-state index contributed by atoms with van der Waals surface area (Å²) in [4.78, 5) is 2.20. The summed E-state index contributed by atoms with van der Waals surface area (Å²) in [6, 6.07) is 0. The van der Waals surface area contributed by atoms with E-state index in [-0.39, 0.29) is 5.41 Å². The Morgan fingerprint density at radius 2 is 2.33 bits per heavy atom. The van der Waals surface area contributed by atoms with Gasteiger partial charge >= 0.3 is 0 Å². The molecule has 1 spiro atoms. The van der Waals surface area contributed by atoms with E-state index in [4.69, 9.17) is 0 Å². The maximum absolute atomic E-state index is 13.6. The molecule has 1 unspecified atom stereocenters. The Labute approximate surface area is 73.1 Å². The summed E-state index contributed by atoms with van der Waals surface area (Å²) in [6.45, 7) is 6.61. The summed E-state index contributed by atoms with van der Waals surface area (Å²) < 4.78 is 13.6. The predicted octanol–water partition coefficient (Wildman–Crippen LogP) is 0.640. The Bertz CT molecular complexity index is 168. The molecule has 2 aliphatic heterocycles. The zero-order valence-electron chi connectivity index (χ0n) is 7.65. The van der Waals surface area contributed by atoms with E-state index in [1.807, 2.05) is 0 Å². The zero-order valence-corrected chi connectivity index (χ0v) is 7.65. The number of piperidine rings is 1. The summed E-state index contributed by atoms with van der Waals surface area (Å²) in [7, 11) is 0. The van der Waals surface area contributed by atoms with Crippen LogP contribution in [-0.2, 0) is 0 Å². The molecule has 2 aliphatic rings. The summed E-state index contributed by atoms with van der Waals surface area (Å²) in [5.74, 6) is 0. The van der Waals surface area contributed by atoms with Gasteiger partial charge in [-0.3, -0.25) is 0 Å². The second-order valence-corrected chi connectivity index (χ2v) is 4.08. The molecule has 2 saturated heterocycles. The second-order valence-electron chi connectivity index (χ2n) is 4.08. The van der Waals surface area contributed by atoms with E-state index in [0.29, 0.717) is 6.54 Å². The van der Waals surface area contributed by atoms with Gasteiger partial charge in [-0.1, -0.05) is 6.92 Å². The van der Waals surface area contributed by atoms with Crippen molar-refractivity contribution in [1.29, 1.82) is 0 Å². The lowest BCUT2D eigenvalue weighted by molar-refractivity contribution is -0.0273. The summed E-state index contributed by atoms with van der Waals surface area (Å²) in [6.07, 6.45) is 0.432. The molecule has 70 valence electrons. The number of nitrogens with one attached hydrogen (secondary N) is 1. The SMILES string of the molecule is CCN1CCC2(CNC2)C(F)C1. The van der Waals surface area contributed by atoms with Crippen molar-refractivity contribution in [2.45, 2.75) is 19.5 Å². The fourth-order valence-electron chi connectivity index (χ4n) is 2.18. The average Bonchev–Trinajstić information content (AvgIpc) is 2.01. The van der Waals surface area contributed by atoms with Crippen LogP contribution in [0.4, 0.5) is 4.39 Å². The first-order valence-electron chi connectivity index (χ1n) is 4.84. The smallest absolute Gasteiger partial charge is 0.121 e. The van der Waals surface area contributed by atoms with Crippen LogP contribution in [-0.4, -0.2) is 43.8 Å². The van der Waals surface area contributed by atoms with Crippen LogP contribution >= 0.6 is 0 Å². The van der Waals surface area contributed by atoms with Crippen molar-refractivity contribution >= 4 is 0 Å². The Morgan fingerprint density at radius 1 is 1.58 bits per heavy atom. The highest BCUT2D eigenvalue weighted by molar-refractivity contribution is 5.01. The van der Waals surface area contributed by atoms with E-state index in [2.05, 4.69) is 17.1 Å². The maximum atomic E-state index is 13.6. The monoisotopic (exact) mass is 172 g/mol. The van der Waals surface area contributed by atoms with Gasteiger partial charge in [0, 0.05) is 25.0 Å². The quantitative estimate of drug-likeness (QED) is 0.624. The minimum absolute atomic E-state index is 0.0195. The molecule has 0 bridgehead atoms. The van der Waals surface area contributed by atoms with Crippen LogP contribution in [0.2, 0.25) is 0 Å². The van der Waals surface area contributed by atoms with E-state index < -0.39 is 6.17 Å².